The second-order valence-corrected chi connectivity index (χ2v) is 7.30. The molecule has 6 atom stereocenters. The monoisotopic (exact) mass is 402 g/mol. The Balaban J connectivity index is 2.92. The molecule has 0 aliphatic carbocycles. The highest BCUT2D eigenvalue weighted by Gasteiger charge is 2.44. The van der Waals surface area contributed by atoms with Gasteiger partial charge in [0, 0.05) is 6.42 Å². The minimum atomic E-state index is -5.14. The minimum absolute atomic E-state index is 0.123. The van der Waals surface area contributed by atoms with Gasteiger partial charge in [-0.05, 0) is 6.42 Å². The van der Waals surface area contributed by atoms with E-state index in [1.807, 2.05) is 0 Å². The second-order valence-electron chi connectivity index (χ2n) is 5.17. The summed E-state index contributed by atoms with van der Waals surface area (Å²) in [7, 11) is -5.14. The highest BCUT2D eigenvalue weighted by molar-refractivity contribution is 8.14. The SMILES string of the molecule is C=CC[C@H](O)CC(=NOS(=O)(=O)[O-])S[C@@H]1O[C@H](CO)[C@@H](O)[C@H](O)[C@H]1O. The first-order valence-electron chi connectivity index (χ1n) is 7.06. The number of ether oxygens (including phenoxy) is 1. The van der Waals surface area contributed by atoms with Crippen molar-refractivity contribution in [3.63, 3.8) is 0 Å². The van der Waals surface area contributed by atoms with Crippen molar-refractivity contribution in [2.75, 3.05) is 6.61 Å². The summed E-state index contributed by atoms with van der Waals surface area (Å²) in [5.74, 6) is 0. The number of hydrogen-bond donors (Lipinski definition) is 5. The van der Waals surface area contributed by atoms with E-state index in [-0.39, 0.29) is 17.9 Å². The van der Waals surface area contributed by atoms with Crippen molar-refractivity contribution in [1.82, 2.24) is 0 Å². The lowest BCUT2D eigenvalue weighted by Crippen LogP contribution is -2.57. The summed E-state index contributed by atoms with van der Waals surface area (Å²) in [6.07, 6.45) is -5.79. The van der Waals surface area contributed by atoms with Crippen molar-refractivity contribution < 1.29 is 47.5 Å². The zero-order valence-electron chi connectivity index (χ0n) is 12.9. The molecule has 11 nitrogen and oxygen atoms in total. The zero-order chi connectivity index (χ0) is 19.2. The summed E-state index contributed by atoms with van der Waals surface area (Å²) < 4.78 is 40.6. The molecule has 0 radical (unpaired) electrons. The fraction of sp³-hybridized carbons (Fsp3) is 0.750. The summed E-state index contributed by atoms with van der Waals surface area (Å²) in [4.78, 5) is 0. The van der Waals surface area contributed by atoms with E-state index in [1.54, 1.807) is 0 Å². The van der Waals surface area contributed by atoms with Gasteiger partial charge in [-0.2, -0.15) is 8.42 Å². The van der Waals surface area contributed by atoms with Crippen LogP contribution in [0.25, 0.3) is 0 Å². The predicted octanol–water partition coefficient (Wildman–Crippen LogP) is -2.36. The van der Waals surface area contributed by atoms with E-state index in [4.69, 9.17) is 9.84 Å². The molecule has 1 aliphatic rings. The largest absolute Gasteiger partial charge is 0.714 e. The van der Waals surface area contributed by atoms with E-state index in [1.165, 1.54) is 6.08 Å². The van der Waals surface area contributed by atoms with Crippen LogP contribution in [0.1, 0.15) is 12.8 Å². The molecule has 0 unspecified atom stereocenters. The van der Waals surface area contributed by atoms with E-state index >= 15 is 0 Å². The maximum absolute atomic E-state index is 10.5. The molecule has 13 heteroatoms. The first-order valence-corrected chi connectivity index (χ1v) is 9.27. The first kappa shape index (κ1) is 22.3. The predicted molar refractivity (Wildman–Crippen MR) is 85.0 cm³/mol. The lowest BCUT2D eigenvalue weighted by Gasteiger charge is -2.39. The number of thioether (sulfide) groups is 1. The molecule has 5 N–H and O–H groups in total. The zero-order valence-corrected chi connectivity index (χ0v) is 14.5. The van der Waals surface area contributed by atoms with E-state index in [9.17, 15) is 33.4 Å². The molecule has 146 valence electrons. The van der Waals surface area contributed by atoms with Crippen molar-refractivity contribution in [3.8, 4) is 0 Å². The fourth-order valence-electron chi connectivity index (χ4n) is 1.97. The molecule has 0 aromatic heterocycles. The molecular weight excluding hydrogens is 382 g/mol. The van der Waals surface area contributed by atoms with Crippen LogP contribution in [-0.2, 0) is 19.4 Å². The molecule has 25 heavy (non-hydrogen) atoms. The van der Waals surface area contributed by atoms with E-state index in [0.29, 0.717) is 11.8 Å². The highest BCUT2D eigenvalue weighted by atomic mass is 32.3. The van der Waals surface area contributed by atoms with Crippen LogP contribution in [0.2, 0.25) is 0 Å². The summed E-state index contributed by atoms with van der Waals surface area (Å²) in [6, 6.07) is 0. The highest BCUT2D eigenvalue weighted by Crippen LogP contribution is 2.30. The van der Waals surface area contributed by atoms with Gasteiger partial charge in [0.25, 0.3) is 10.4 Å². The van der Waals surface area contributed by atoms with E-state index in [2.05, 4.69) is 16.0 Å². The van der Waals surface area contributed by atoms with Gasteiger partial charge in [-0.3, -0.25) is 4.28 Å². The Morgan fingerprint density at radius 2 is 2.00 bits per heavy atom. The van der Waals surface area contributed by atoms with Gasteiger partial charge < -0.3 is 34.8 Å². The standard InChI is InChI=1S/C12H21NO10S2/c1-2-3-6(15)4-8(13-23-25(19,20)21)24-12-11(18)10(17)9(16)7(5-14)22-12/h2,6-7,9-12,14-18H,1,3-5H2,(H,19,20,21)/p-1/t6-,7+,9+,10-,11+,12-/m0/s1. The molecular formula is C12H20NO10S2-. The lowest BCUT2D eigenvalue weighted by atomic mass is 10.0. The molecule has 1 aliphatic heterocycles. The van der Waals surface area contributed by atoms with Gasteiger partial charge in [-0.15, -0.1) is 6.58 Å². The van der Waals surface area contributed by atoms with Crippen LogP contribution in [0.3, 0.4) is 0 Å². The topological polar surface area (TPSA) is 189 Å². The Labute approximate surface area is 148 Å². The van der Waals surface area contributed by atoms with Crippen LogP contribution in [0.4, 0.5) is 0 Å². The smallest absolute Gasteiger partial charge is 0.284 e. The number of hydrogen-bond acceptors (Lipinski definition) is 12. The number of aliphatic hydroxyl groups excluding tert-OH is 5. The molecule has 0 aromatic carbocycles. The number of aliphatic hydroxyl groups is 5. The average Bonchev–Trinajstić information content (AvgIpc) is 2.52. The second kappa shape index (κ2) is 9.80. The van der Waals surface area contributed by atoms with Gasteiger partial charge >= 0.3 is 0 Å². The molecule has 1 fully saturated rings. The van der Waals surface area contributed by atoms with Crippen molar-refractivity contribution in [2.45, 2.75) is 48.8 Å². The summed E-state index contributed by atoms with van der Waals surface area (Å²) in [5.41, 5.74) is -1.27. The quantitative estimate of drug-likeness (QED) is 0.0729. The lowest BCUT2D eigenvalue weighted by molar-refractivity contribution is -0.205. The minimum Gasteiger partial charge on any atom is -0.714 e. The molecule has 1 saturated heterocycles. The molecule has 0 bridgehead atoms. The van der Waals surface area contributed by atoms with Crippen LogP contribution in [0.15, 0.2) is 17.8 Å². The van der Waals surface area contributed by atoms with Gasteiger partial charge in [0.05, 0.1) is 12.7 Å². The van der Waals surface area contributed by atoms with E-state index < -0.39 is 53.0 Å². The molecule has 1 heterocycles. The van der Waals surface area contributed by atoms with Gasteiger partial charge in [-0.1, -0.05) is 23.0 Å². The van der Waals surface area contributed by atoms with Crippen LogP contribution >= 0.6 is 11.8 Å². The molecule has 0 amide bonds. The van der Waals surface area contributed by atoms with Gasteiger partial charge in [-0.25, -0.2) is 0 Å². The van der Waals surface area contributed by atoms with E-state index in [0.717, 1.165) is 0 Å². The van der Waals surface area contributed by atoms with Crippen LogP contribution in [0, 0.1) is 0 Å². The van der Waals surface area contributed by atoms with Crippen LogP contribution in [0.5, 0.6) is 0 Å². The average molecular weight is 402 g/mol. The maximum atomic E-state index is 10.5. The fourth-order valence-corrected chi connectivity index (χ4v) is 3.33. The molecule has 0 spiro atoms. The Morgan fingerprint density at radius 1 is 1.36 bits per heavy atom. The number of nitrogens with zero attached hydrogens (tertiary/aromatic N) is 1. The Kier molecular flexibility index (Phi) is 8.73. The van der Waals surface area contributed by atoms with Gasteiger partial charge in [0.2, 0.25) is 0 Å². The normalized spacial score (nSPS) is 32.2. The number of rotatable bonds is 8. The van der Waals surface area contributed by atoms with Crippen molar-refractivity contribution >= 4 is 27.2 Å². The Morgan fingerprint density at radius 3 is 2.52 bits per heavy atom. The number of oxime groups is 1. The summed E-state index contributed by atoms with van der Waals surface area (Å²) in [6.45, 7) is 2.77. The molecule has 0 aromatic rings. The summed E-state index contributed by atoms with van der Waals surface area (Å²) in [5, 5.41) is 51.2. The van der Waals surface area contributed by atoms with Crippen LogP contribution in [-0.4, -0.2) is 86.1 Å². The Hall–Kier alpha value is -0.770. The summed E-state index contributed by atoms with van der Waals surface area (Å²) >= 11 is 0.566. The van der Waals surface area contributed by atoms with Gasteiger partial charge in [0.1, 0.15) is 34.9 Å². The van der Waals surface area contributed by atoms with Crippen molar-refractivity contribution in [2.24, 2.45) is 5.16 Å². The third-order valence-electron chi connectivity index (χ3n) is 3.18. The van der Waals surface area contributed by atoms with Gasteiger partial charge in [0.15, 0.2) is 0 Å². The third kappa shape index (κ3) is 7.16. The molecule has 0 saturated carbocycles. The maximum Gasteiger partial charge on any atom is 0.284 e. The first-order chi connectivity index (χ1) is 11.6. The Bertz CT molecular complexity index is 566. The van der Waals surface area contributed by atoms with Crippen molar-refractivity contribution in [3.05, 3.63) is 12.7 Å². The molecule has 1 rings (SSSR count). The third-order valence-corrected chi connectivity index (χ3v) is 4.57. The van der Waals surface area contributed by atoms with Crippen molar-refractivity contribution in [1.29, 1.82) is 0 Å². The van der Waals surface area contributed by atoms with Crippen LogP contribution < -0.4 is 0 Å².